The SMILES string of the molecule is Cc1cccc(N)c1C(=O)N1CCC(CCN2[C@@H]3CC[C@H]2CC(n2c(C)nc4ccccc42)C3)(c2ccccc2)CC1. The number of piperidine rings is 2. The second kappa shape index (κ2) is 10.9. The number of amides is 1. The van der Waals surface area contributed by atoms with Gasteiger partial charge in [-0.2, -0.15) is 0 Å². The molecule has 2 bridgehead atoms. The summed E-state index contributed by atoms with van der Waals surface area (Å²) in [5, 5.41) is 0. The fourth-order valence-electron chi connectivity index (χ4n) is 8.54. The van der Waals surface area contributed by atoms with Gasteiger partial charge in [0.1, 0.15) is 5.82 Å². The highest BCUT2D eigenvalue weighted by Crippen LogP contribution is 2.45. The van der Waals surface area contributed by atoms with E-state index >= 15 is 0 Å². The lowest BCUT2D eigenvalue weighted by molar-refractivity contribution is 0.0607. The number of nitrogens with zero attached hydrogens (tertiary/aromatic N) is 4. The largest absolute Gasteiger partial charge is 0.398 e. The zero-order valence-electron chi connectivity index (χ0n) is 25.0. The van der Waals surface area contributed by atoms with Crippen LogP contribution in [0.25, 0.3) is 11.0 Å². The van der Waals surface area contributed by atoms with Gasteiger partial charge in [0.25, 0.3) is 5.91 Å². The second-order valence-corrected chi connectivity index (χ2v) is 13.0. The molecule has 4 aromatic rings. The molecule has 0 spiro atoms. The summed E-state index contributed by atoms with van der Waals surface area (Å²) in [4.78, 5) is 23.3. The molecule has 3 aromatic carbocycles. The third-order valence-electron chi connectivity index (χ3n) is 10.8. The van der Waals surface area contributed by atoms with Crippen LogP contribution in [0.5, 0.6) is 0 Å². The van der Waals surface area contributed by atoms with E-state index in [0.717, 1.165) is 55.8 Å². The van der Waals surface area contributed by atoms with Crippen LogP contribution in [0.2, 0.25) is 0 Å². The summed E-state index contributed by atoms with van der Waals surface area (Å²) in [6, 6.07) is 27.2. The molecule has 0 aliphatic carbocycles. The van der Waals surface area contributed by atoms with Gasteiger partial charge in [0.05, 0.1) is 16.6 Å². The minimum Gasteiger partial charge on any atom is -0.398 e. The molecule has 1 aromatic heterocycles. The van der Waals surface area contributed by atoms with Crippen LogP contribution in [-0.4, -0.2) is 57.0 Å². The number of benzene rings is 3. The van der Waals surface area contributed by atoms with Gasteiger partial charge in [-0.05, 0) is 100 Å². The summed E-state index contributed by atoms with van der Waals surface area (Å²) in [7, 11) is 0. The van der Waals surface area contributed by atoms with Gasteiger partial charge >= 0.3 is 0 Å². The van der Waals surface area contributed by atoms with E-state index < -0.39 is 0 Å². The molecule has 3 aliphatic heterocycles. The van der Waals surface area contributed by atoms with Gasteiger partial charge in [0.15, 0.2) is 0 Å². The molecule has 218 valence electrons. The summed E-state index contributed by atoms with van der Waals surface area (Å²) in [5.74, 6) is 1.22. The number of hydrogen-bond donors (Lipinski definition) is 1. The van der Waals surface area contributed by atoms with Gasteiger partial charge in [0.2, 0.25) is 0 Å². The van der Waals surface area contributed by atoms with Crippen LogP contribution in [0, 0.1) is 13.8 Å². The summed E-state index contributed by atoms with van der Waals surface area (Å²) in [5.41, 5.74) is 12.4. The van der Waals surface area contributed by atoms with Crippen molar-refractivity contribution in [1.82, 2.24) is 19.4 Å². The summed E-state index contributed by atoms with van der Waals surface area (Å²) in [6.45, 7) is 6.81. The van der Waals surface area contributed by atoms with E-state index in [0.29, 0.717) is 29.4 Å². The molecule has 42 heavy (non-hydrogen) atoms. The van der Waals surface area contributed by atoms with Gasteiger partial charge in [-0.3, -0.25) is 9.69 Å². The average Bonchev–Trinajstić information content (AvgIpc) is 3.47. The zero-order valence-corrected chi connectivity index (χ0v) is 25.0. The van der Waals surface area contributed by atoms with Crippen LogP contribution in [-0.2, 0) is 5.41 Å². The minimum absolute atomic E-state index is 0.0784. The molecule has 4 heterocycles. The van der Waals surface area contributed by atoms with E-state index in [9.17, 15) is 4.79 Å². The number of carbonyl (C=O) groups excluding carboxylic acids is 1. The number of aromatic nitrogens is 2. The number of likely N-dealkylation sites (tertiary alicyclic amines) is 1. The number of imidazole rings is 1. The summed E-state index contributed by atoms with van der Waals surface area (Å²) >= 11 is 0. The fourth-order valence-corrected chi connectivity index (χ4v) is 8.54. The monoisotopic (exact) mass is 561 g/mol. The maximum Gasteiger partial charge on any atom is 0.256 e. The van der Waals surface area contributed by atoms with Crippen LogP contribution in [0.1, 0.15) is 78.3 Å². The first-order valence-electron chi connectivity index (χ1n) is 15.8. The standard InChI is InChI=1S/C36H43N5O/c1-25-9-8-12-31(37)34(25)35(42)39-20-17-36(18-21-39,27-10-4-3-5-11-27)19-22-40-28-15-16-29(40)24-30(23-28)41-26(2)38-32-13-6-7-14-33(32)41/h3-14,28-30H,15-24,37H2,1-2H3/t28-,29+,30?. The predicted octanol–water partition coefficient (Wildman–Crippen LogP) is 6.67. The molecule has 2 N–H and O–H groups in total. The Balaban J connectivity index is 1.07. The van der Waals surface area contributed by atoms with Crippen molar-refractivity contribution in [2.75, 3.05) is 25.4 Å². The highest BCUT2D eigenvalue weighted by atomic mass is 16.2. The molecular formula is C36H43N5O. The fraction of sp³-hybridized carbons (Fsp3) is 0.444. The molecule has 3 aliphatic rings. The van der Waals surface area contributed by atoms with E-state index in [1.54, 1.807) is 0 Å². The van der Waals surface area contributed by atoms with E-state index in [1.807, 2.05) is 30.0 Å². The molecule has 0 saturated carbocycles. The molecule has 3 atom stereocenters. The predicted molar refractivity (Wildman–Crippen MR) is 170 cm³/mol. The summed E-state index contributed by atoms with van der Waals surface area (Å²) < 4.78 is 2.53. The first-order chi connectivity index (χ1) is 20.4. The molecular weight excluding hydrogens is 518 g/mol. The number of aryl methyl sites for hydroxylation is 2. The molecule has 3 fully saturated rings. The molecule has 6 nitrogen and oxygen atoms in total. The van der Waals surface area contributed by atoms with E-state index in [1.165, 1.54) is 36.8 Å². The van der Waals surface area contributed by atoms with Crippen molar-refractivity contribution in [1.29, 1.82) is 0 Å². The van der Waals surface area contributed by atoms with Crippen molar-refractivity contribution >= 4 is 22.6 Å². The van der Waals surface area contributed by atoms with Crippen molar-refractivity contribution in [2.24, 2.45) is 0 Å². The van der Waals surface area contributed by atoms with Crippen molar-refractivity contribution in [2.45, 2.75) is 82.3 Å². The lowest BCUT2D eigenvalue weighted by atomic mass is 9.70. The van der Waals surface area contributed by atoms with Crippen LogP contribution >= 0.6 is 0 Å². The number of rotatable bonds is 6. The normalized spacial score (nSPS) is 23.9. The first kappa shape index (κ1) is 27.2. The Bertz CT molecular complexity index is 1550. The second-order valence-electron chi connectivity index (χ2n) is 13.0. The smallest absolute Gasteiger partial charge is 0.256 e. The highest BCUT2D eigenvalue weighted by molar-refractivity contribution is 6.00. The third kappa shape index (κ3) is 4.70. The maximum atomic E-state index is 13.6. The van der Waals surface area contributed by atoms with E-state index in [-0.39, 0.29) is 11.3 Å². The summed E-state index contributed by atoms with van der Waals surface area (Å²) in [6.07, 6.45) is 8.11. The average molecular weight is 562 g/mol. The molecule has 6 heteroatoms. The van der Waals surface area contributed by atoms with E-state index in [4.69, 9.17) is 10.7 Å². The Morgan fingerprint density at radius 2 is 1.57 bits per heavy atom. The topological polar surface area (TPSA) is 67.4 Å². The van der Waals surface area contributed by atoms with Crippen molar-refractivity contribution in [3.05, 3.63) is 95.3 Å². The molecule has 1 unspecified atom stereocenters. The van der Waals surface area contributed by atoms with Gasteiger partial charge in [-0.15, -0.1) is 0 Å². The number of anilines is 1. The van der Waals surface area contributed by atoms with E-state index in [2.05, 4.69) is 71.0 Å². The number of para-hydroxylation sites is 2. The number of hydrogen-bond acceptors (Lipinski definition) is 4. The number of carbonyl (C=O) groups is 1. The Labute approximate surface area is 249 Å². The molecule has 3 saturated heterocycles. The van der Waals surface area contributed by atoms with Crippen molar-refractivity contribution < 1.29 is 4.79 Å². The zero-order chi connectivity index (χ0) is 28.8. The molecule has 0 radical (unpaired) electrons. The molecule has 7 rings (SSSR count). The lowest BCUT2D eigenvalue weighted by Crippen LogP contribution is -2.49. The van der Waals surface area contributed by atoms with Crippen LogP contribution < -0.4 is 5.73 Å². The minimum atomic E-state index is 0.0784. The Morgan fingerprint density at radius 1 is 0.881 bits per heavy atom. The Kier molecular flexibility index (Phi) is 7.05. The quantitative estimate of drug-likeness (QED) is 0.267. The van der Waals surface area contributed by atoms with Crippen molar-refractivity contribution in [3.8, 4) is 0 Å². The van der Waals surface area contributed by atoms with Gasteiger partial charge in [-0.25, -0.2) is 4.98 Å². The van der Waals surface area contributed by atoms with Crippen LogP contribution in [0.4, 0.5) is 5.69 Å². The lowest BCUT2D eigenvalue weighted by Gasteiger charge is -2.45. The van der Waals surface area contributed by atoms with Crippen LogP contribution in [0.15, 0.2) is 72.8 Å². The maximum absolute atomic E-state index is 13.6. The third-order valence-corrected chi connectivity index (χ3v) is 10.8. The van der Waals surface area contributed by atoms with Gasteiger partial charge in [0, 0.05) is 36.9 Å². The molecule has 1 amide bonds. The highest BCUT2D eigenvalue weighted by Gasteiger charge is 2.44. The van der Waals surface area contributed by atoms with Crippen LogP contribution in [0.3, 0.4) is 0 Å². The number of fused-ring (bicyclic) bond motifs is 3. The van der Waals surface area contributed by atoms with Crippen molar-refractivity contribution in [3.63, 3.8) is 0 Å². The van der Waals surface area contributed by atoms with Gasteiger partial charge in [-0.1, -0.05) is 54.6 Å². The van der Waals surface area contributed by atoms with Gasteiger partial charge < -0.3 is 15.2 Å². The first-order valence-corrected chi connectivity index (χ1v) is 15.8. The Hall–Kier alpha value is -3.64. The Morgan fingerprint density at radius 3 is 2.29 bits per heavy atom. The number of nitrogen functional groups attached to an aromatic ring is 1. The number of nitrogens with two attached hydrogens (primary N) is 1.